The molecule has 10 nitrogen and oxygen atoms in total. The molecule has 0 radical (unpaired) electrons. The quantitative estimate of drug-likeness (QED) is 0.268. The zero-order valence-corrected chi connectivity index (χ0v) is 23.4. The van der Waals surface area contributed by atoms with Crippen molar-refractivity contribution in [1.29, 1.82) is 0 Å². The van der Waals surface area contributed by atoms with E-state index < -0.39 is 0 Å². The molecule has 4 heterocycles. The summed E-state index contributed by atoms with van der Waals surface area (Å²) < 4.78 is 7.55. The van der Waals surface area contributed by atoms with E-state index in [1.165, 1.54) is 23.8 Å². The van der Waals surface area contributed by atoms with E-state index in [1.807, 2.05) is 11.0 Å². The Hall–Kier alpha value is -3.80. The number of aliphatic hydroxyl groups excluding tert-OH is 1. The van der Waals surface area contributed by atoms with Gasteiger partial charge in [-0.1, -0.05) is 12.6 Å². The second-order valence-corrected chi connectivity index (χ2v) is 12.7. The summed E-state index contributed by atoms with van der Waals surface area (Å²) in [7, 11) is 0. The third kappa shape index (κ3) is 4.87. The zero-order valence-electron chi connectivity index (χ0n) is 22.6. The lowest BCUT2D eigenvalue weighted by atomic mass is 9.64. The van der Waals surface area contributed by atoms with Crippen LogP contribution in [0.3, 0.4) is 0 Å². The van der Waals surface area contributed by atoms with Crippen molar-refractivity contribution in [2.45, 2.75) is 56.8 Å². The fraction of sp³-hybridized carbons (Fsp3) is 0.400. The Balaban J connectivity index is 1.14. The van der Waals surface area contributed by atoms with Crippen molar-refractivity contribution in [3.8, 4) is 10.6 Å². The van der Waals surface area contributed by atoms with Crippen LogP contribution in [0.25, 0.3) is 21.7 Å². The summed E-state index contributed by atoms with van der Waals surface area (Å²) in [6.07, 6.45) is 8.59. The molecule has 3 N–H and O–H groups in total. The van der Waals surface area contributed by atoms with Gasteiger partial charge in [-0.3, -0.25) is 14.9 Å². The zero-order chi connectivity index (χ0) is 28.1. The lowest BCUT2D eigenvalue weighted by molar-refractivity contribution is -0.125. The summed E-state index contributed by atoms with van der Waals surface area (Å²) in [5.41, 5.74) is 3.01. The maximum absolute atomic E-state index is 13.4. The lowest BCUT2D eigenvalue weighted by Crippen LogP contribution is -2.43. The van der Waals surface area contributed by atoms with Crippen LogP contribution in [0.2, 0.25) is 0 Å². The Morgan fingerprint density at radius 3 is 2.85 bits per heavy atom. The summed E-state index contributed by atoms with van der Waals surface area (Å²) in [5, 5.41) is 16.2. The minimum absolute atomic E-state index is 0.00967. The molecular formula is C30H32N6O4S. The smallest absolute Gasteiger partial charge is 0.268 e. The molecule has 11 heteroatoms. The van der Waals surface area contributed by atoms with Crippen LogP contribution < -0.4 is 10.6 Å². The van der Waals surface area contributed by atoms with Gasteiger partial charge in [0.2, 0.25) is 11.9 Å². The van der Waals surface area contributed by atoms with Gasteiger partial charge in [0.15, 0.2) is 12.2 Å². The van der Waals surface area contributed by atoms with Crippen molar-refractivity contribution in [3.63, 3.8) is 0 Å². The van der Waals surface area contributed by atoms with Crippen molar-refractivity contribution in [2.75, 3.05) is 18.4 Å². The first-order chi connectivity index (χ1) is 19.9. The Morgan fingerprint density at radius 2 is 2.10 bits per heavy atom. The summed E-state index contributed by atoms with van der Waals surface area (Å²) >= 11 is 1.34. The summed E-state index contributed by atoms with van der Waals surface area (Å²) in [6.45, 7) is 5.84. The molecular weight excluding hydrogens is 540 g/mol. The molecule has 0 bridgehead atoms. The van der Waals surface area contributed by atoms with Crippen molar-refractivity contribution in [2.24, 2.45) is 5.41 Å². The van der Waals surface area contributed by atoms with E-state index in [0.29, 0.717) is 29.2 Å². The number of amides is 2. The van der Waals surface area contributed by atoms with Crippen LogP contribution >= 0.6 is 11.3 Å². The molecule has 2 amide bonds. The van der Waals surface area contributed by atoms with E-state index in [0.717, 1.165) is 66.7 Å². The van der Waals surface area contributed by atoms with Gasteiger partial charge in [-0.25, -0.2) is 9.97 Å². The fourth-order valence-electron chi connectivity index (χ4n) is 6.53. The van der Waals surface area contributed by atoms with Crippen LogP contribution in [0, 0.1) is 5.41 Å². The number of carbonyl (C=O) groups excluding carboxylic acids is 2. The van der Waals surface area contributed by atoms with Gasteiger partial charge in [-0.15, -0.1) is 11.3 Å². The SMILES string of the molecule is C=CC(=O)N1CCC2(CC(n3c(NC(=O)c4ccc(-c5cnco5)s4)nc4cc(CNC5CC(O)C5)ccc43)C2)C1. The van der Waals surface area contributed by atoms with E-state index in [1.54, 1.807) is 12.3 Å². The molecule has 7 rings (SSSR count). The second-order valence-electron chi connectivity index (χ2n) is 11.6. The molecule has 0 atom stereocenters. The molecule has 1 aromatic carbocycles. The summed E-state index contributed by atoms with van der Waals surface area (Å²) in [4.78, 5) is 37.7. The highest BCUT2D eigenvalue weighted by Gasteiger charge is 2.50. The predicted molar refractivity (Wildman–Crippen MR) is 155 cm³/mol. The van der Waals surface area contributed by atoms with E-state index in [9.17, 15) is 14.7 Å². The van der Waals surface area contributed by atoms with Crippen LogP contribution in [0.1, 0.15) is 53.4 Å². The van der Waals surface area contributed by atoms with Crippen LogP contribution in [0.4, 0.5) is 5.95 Å². The number of hydrogen-bond acceptors (Lipinski definition) is 8. The van der Waals surface area contributed by atoms with Gasteiger partial charge >= 0.3 is 0 Å². The predicted octanol–water partition coefficient (Wildman–Crippen LogP) is 4.36. The van der Waals surface area contributed by atoms with Gasteiger partial charge in [0.1, 0.15) is 0 Å². The minimum Gasteiger partial charge on any atom is -0.443 e. The number of fused-ring (bicyclic) bond motifs is 1. The summed E-state index contributed by atoms with van der Waals surface area (Å²) in [5.74, 6) is 0.924. The number of carbonyl (C=O) groups is 2. The minimum atomic E-state index is -0.222. The van der Waals surface area contributed by atoms with Gasteiger partial charge in [-0.05, 0) is 73.4 Å². The summed E-state index contributed by atoms with van der Waals surface area (Å²) in [6, 6.07) is 10.4. The number of rotatable bonds is 8. The lowest BCUT2D eigenvalue weighted by Gasteiger charge is -2.46. The van der Waals surface area contributed by atoms with Crippen molar-refractivity contribution < 1.29 is 19.1 Å². The van der Waals surface area contributed by atoms with Crippen LogP contribution in [-0.4, -0.2) is 61.6 Å². The highest BCUT2D eigenvalue weighted by Crippen LogP contribution is 2.55. The molecule has 2 aliphatic carbocycles. The molecule has 0 unspecified atom stereocenters. The highest BCUT2D eigenvalue weighted by molar-refractivity contribution is 7.17. The number of aliphatic hydroxyl groups is 1. The number of anilines is 1. The second kappa shape index (κ2) is 10.2. The van der Waals surface area contributed by atoms with E-state index in [-0.39, 0.29) is 29.4 Å². The third-order valence-corrected chi connectivity index (χ3v) is 9.92. The number of aromatic nitrogens is 3. The first-order valence-corrected chi connectivity index (χ1v) is 14.8. The van der Waals surface area contributed by atoms with Gasteiger partial charge in [0, 0.05) is 31.7 Å². The number of imidazole rings is 1. The van der Waals surface area contributed by atoms with Gasteiger partial charge in [0.25, 0.3) is 5.91 Å². The molecule has 3 aromatic heterocycles. The number of benzene rings is 1. The molecule has 1 saturated heterocycles. The van der Waals surface area contributed by atoms with Crippen molar-refractivity contribution in [1.82, 2.24) is 24.8 Å². The number of likely N-dealkylation sites (tertiary alicyclic amines) is 1. The molecule has 3 aliphatic rings. The van der Waals surface area contributed by atoms with Crippen molar-refractivity contribution >= 4 is 40.1 Å². The van der Waals surface area contributed by atoms with Crippen LogP contribution in [-0.2, 0) is 11.3 Å². The normalized spacial score (nSPS) is 25.3. The first kappa shape index (κ1) is 26.1. The molecule has 2 saturated carbocycles. The largest absolute Gasteiger partial charge is 0.443 e. The fourth-order valence-corrected chi connectivity index (χ4v) is 7.38. The molecule has 212 valence electrons. The molecule has 1 spiro atoms. The maximum atomic E-state index is 13.4. The molecule has 1 aliphatic heterocycles. The number of nitrogens with zero attached hydrogens (tertiary/aromatic N) is 4. The first-order valence-electron chi connectivity index (χ1n) is 14.0. The average molecular weight is 573 g/mol. The molecule has 3 fully saturated rings. The highest BCUT2D eigenvalue weighted by atomic mass is 32.1. The standard InChI is InChI=1S/C30H32N6O4S/c1-2-27(38)35-8-7-30(16-35)12-20(13-30)36-23-4-3-18(14-32-19-10-21(37)11-19)9-22(23)33-29(36)34-28(39)26-6-5-25(41-26)24-15-31-17-40-24/h2-6,9,15,17,19-21,32,37H,1,7-8,10-14,16H2,(H,33,34,39). The van der Waals surface area contributed by atoms with E-state index in [2.05, 4.69) is 45.0 Å². The number of hydrogen-bond donors (Lipinski definition) is 3. The van der Waals surface area contributed by atoms with Gasteiger partial charge < -0.3 is 24.3 Å². The number of oxazole rings is 1. The van der Waals surface area contributed by atoms with Gasteiger partial charge in [0.05, 0.1) is 33.1 Å². The van der Waals surface area contributed by atoms with Crippen LogP contribution in [0.5, 0.6) is 0 Å². The Bertz CT molecular complexity index is 1610. The topological polar surface area (TPSA) is 126 Å². The van der Waals surface area contributed by atoms with Gasteiger partial charge in [-0.2, -0.15) is 0 Å². The molecule has 41 heavy (non-hydrogen) atoms. The van der Waals surface area contributed by atoms with Crippen molar-refractivity contribution in [3.05, 3.63) is 66.0 Å². The average Bonchev–Trinajstić information content (AvgIpc) is 3.74. The Labute approximate surface area is 241 Å². The Kier molecular flexibility index (Phi) is 6.52. The number of nitrogens with one attached hydrogen (secondary N) is 2. The Morgan fingerprint density at radius 1 is 1.24 bits per heavy atom. The van der Waals surface area contributed by atoms with Crippen LogP contribution in [0.15, 0.2) is 60.0 Å². The van der Waals surface area contributed by atoms with E-state index in [4.69, 9.17) is 9.40 Å². The maximum Gasteiger partial charge on any atom is 0.268 e. The number of thiophene rings is 1. The third-order valence-electron chi connectivity index (χ3n) is 8.82. The molecule has 4 aromatic rings. The van der Waals surface area contributed by atoms with E-state index >= 15 is 0 Å². The monoisotopic (exact) mass is 572 g/mol.